The fourth-order valence-corrected chi connectivity index (χ4v) is 2.80. The van der Waals surface area contributed by atoms with E-state index in [1.54, 1.807) is 24.5 Å². The van der Waals surface area contributed by atoms with Crippen molar-refractivity contribution in [3.63, 3.8) is 0 Å². The number of allylic oxidation sites excluding steroid dienone is 1. The molecule has 0 radical (unpaired) electrons. The molecule has 0 aliphatic heterocycles. The minimum Gasteiger partial charge on any atom is -0.265 e. The number of halogens is 2. The topological polar surface area (TPSA) is 36.7 Å². The van der Waals surface area contributed by atoms with Gasteiger partial charge in [0.05, 0.1) is 14.4 Å². The zero-order valence-electron chi connectivity index (χ0n) is 8.52. The van der Waals surface area contributed by atoms with Crippen molar-refractivity contribution in [1.29, 1.82) is 5.26 Å². The van der Waals surface area contributed by atoms with Gasteiger partial charge in [-0.15, -0.1) is 11.3 Å². The van der Waals surface area contributed by atoms with Gasteiger partial charge in [-0.3, -0.25) is 4.98 Å². The number of pyridine rings is 1. The Morgan fingerprint density at radius 3 is 2.59 bits per heavy atom. The van der Waals surface area contributed by atoms with E-state index >= 15 is 0 Å². The molecule has 0 spiro atoms. The van der Waals surface area contributed by atoms with Crippen LogP contribution in [-0.2, 0) is 0 Å². The van der Waals surface area contributed by atoms with Crippen LogP contribution < -0.4 is 0 Å². The lowest BCUT2D eigenvalue weighted by atomic mass is 10.1. The van der Waals surface area contributed by atoms with Gasteiger partial charge in [-0.25, -0.2) is 0 Å². The molecule has 0 unspecified atom stereocenters. The normalized spacial score (nSPS) is 11.8. The van der Waals surface area contributed by atoms with Gasteiger partial charge in [0.15, 0.2) is 0 Å². The van der Waals surface area contributed by atoms with Crippen molar-refractivity contribution >= 4 is 49.5 Å². The van der Waals surface area contributed by atoms with E-state index in [1.807, 2.05) is 11.4 Å². The average molecular weight is 326 g/mol. The molecule has 2 rings (SSSR count). The lowest BCUT2D eigenvalue weighted by Crippen LogP contribution is -1.85. The Balaban J connectivity index is 2.52. The predicted octanol–water partition coefficient (Wildman–Crippen LogP) is 4.54. The molecule has 2 heterocycles. The summed E-state index contributed by atoms with van der Waals surface area (Å²) in [6, 6.07) is 7.56. The molecule has 0 atom stereocenters. The van der Waals surface area contributed by atoms with Gasteiger partial charge >= 0.3 is 0 Å². The Labute approximate surface area is 116 Å². The summed E-state index contributed by atoms with van der Waals surface area (Å²) in [5, 5.41) is 11.6. The van der Waals surface area contributed by atoms with Crippen LogP contribution in [0.25, 0.3) is 10.6 Å². The van der Waals surface area contributed by atoms with Crippen molar-refractivity contribution in [2.45, 2.75) is 0 Å². The summed E-state index contributed by atoms with van der Waals surface area (Å²) >= 11 is 11.1. The highest BCUT2D eigenvalue weighted by molar-refractivity contribution is 9.11. The lowest BCUT2D eigenvalue weighted by molar-refractivity contribution is 1.32. The number of aromatic nitrogens is 1. The van der Waals surface area contributed by atoms with Crippen LogP contribution in [0.5, 0.6) is 0 Å². The molecule has 0 saturated heterocycles. The maximum Gasteiger partial charge on any atom is 0.101 e. The van der Waals surface area contributed by atoms with Gasteiger partial charge in [0, 0.05) is 23.3 Å². The summed E-state index contributed by atoms with van der Waals surface area (Å²) in [6.45, 7) is 0. The van der Waals surface area contributed by atoms with Gasteiger partial charge in [0.25, 0.3) is 0 Å². The standard InChI is InChI=1S/C12H6BrClN2S/c13-11-5-9(7-17-11)12(14)10(6-15)8-1-3-16-4-2-8/h1-5,7H/b12-10-. The second kappa shape index (κ2) is 5.46. The van der Waals surface area contributed by atoms with Crippen LogP contribution in [0.15, 0.2) is 39.8 Å². The molecular weight excluding hydrogens is 320 g/mol. The molecular formula is C12H6BrClN2S. The molecule has 5 heteroatoms. The fraction of sp³-hybridized carbons (Fsp3) is 0. The van der Waals surface area contributed by atoms with E-state index in [-0.39, 0.29) is 0 Å². The van der Waals surface area contributed by atoms with Crippen LogP contribution >= 0.6 is 38.9 Å². The second-order valence-corrected chi connectivity index (χ2v) is 5.84. The number of hydrogen-bond acceptors (Lipinski definition) is 3. The molecule has 0 saturated carbocycles. The predicted molar refractivity (Wildman–Crippen MR) is 74.5 cm³/mol. The first-order chi connectivity index (χ1) is 8.22. The van der Waals surface area contributed by atoms with Gasteiger partial charge in [-0.05, 0) is 39.7 Å². The molecule has 0 bridgehead atoms. The van der Waals surface area contributed by atoms with E-state index in [4.69, 9.17) is 11.6 Å². The molecule has 17 heavy (non-hydrogen) atoms. The van der Waals surface area contributed by atoms with Crippen molar-refractivity contribution in [2.75, 3.05) is 0 Å². The van der Waals surface area contributed by atoms with Crippen LogP contribution in [0.2, 0.25) is 0 Å². The summed E-state index contributed by atoms with van der Waals surface area (Å²) in [5.41, 5.74) is 2.08. The lowest BCUT2D eigenvalue weighted by Gasteiger charge is -2.01. The van der Waals surface area contributed by atoms with E-state index in [2.05, 4.69) is 27.0 Å². The van der Waals surface area contributed by atoms with Crippen LogP contribution in [0, 0.1) is 11.3 Å². The molecule has 2 aromatic rings. The number of hydrogen-bond donors (Lipinski definition) is 0. The molecule has 0 aliphatic carbocycles. The minimum atomic E-state index is 0.458. The average Bonchev–Trinajstić information content (AvgIpc) is 2.78. The van der Waals surface area contributed by atoms with Crippen LogP contribution in [0.1, 0.15) is 11.1 Å². The van der Waals surface area contributed by atoms with E-state index in [0.717, 1.165) is 14.9 Å². The second-order valence-electron chi connectivity index (χ2n) is 3.18. The molecule has 0 aliphatic rings. The van der Waals surface area contributed by atoms with Crippen molar-refractivity contribution in [1.82, 2.24) is 4.98 Å². The Morgan fingerprint density at radius 2 is 2.06 bits per heavy atom. The van der Waals surface area contributed by atoms with E-state index in [1.165, 1.54) is 11.3 Å². The van der Waals surface area contributed by atoms with Crippen molar-refractivity contribution in [3.8, 4) is 6.07 Å². The number of rotatable bonds is 2. The fourth-order valence-electron chi connectivity index (χ4n) is 1.33. The monoisotopic (exact) mass is 324 g/mol. The highest BCUT2D eigenvalue weighted by Gasteiger charge is 2.10. The van der Waals surface area contributed by atoms with Gasteiger partial charge in [-0.1, -0.05) is 11.6 Å². The largest absolute Gasteiger partial charge is 0.265 e. The first kappa shape index (κ1) is 12.3. The SMILES string of the molecule is N#C/C(=C(/Cl)c1csc(Br)c1)c1ccncc1. The zero-order chi connectivity index (χ0) is 12.3. The summed E-state index contributed by atoms with van der Waals surface area (Å²) in [4.78, 5) is 3.92. The summed E-state index contributed by atoms with van der Waals surface area (Å²) in [6.07, 6.45) is 3.28. The van der Waals surface area contributed by atoms with E-state index in [0.29, 0.717) is 10.6 Å². The molecule has 2 aromatic heterocycles. The Kier molecular flexibility index (Phi) is 3.95. The zero-order valence-corrected chi connectivity index (χ0v) is 11.7. The van der Waals surface area contributed by atoms with Gasteiger partial charge < -0.3 is 0 Å². The summed E-state index contributed by atoms with van der Waals surface area (Å²) < 4.78 is 0.984. The molecule has 84 valence electrons. The number of nitrogens with zero attached hydrogens (tertiary/aromatic N) is 2. The third-order valence-corrected chi connectivity index (χ3v) is 4.03. The Morgan fingerprint density at radius 1 is 1.35 bits per heavy atom. The highest BCUT2D eigenvalue weighted by Crippen LogP contribution is 2.33. The van der Waals surface area contributed by atoms with Crippen molar-refractivity contribution in [3.05, 3.63) is 50.9 Å². The molecule has 0 N–H and O–H groups in total. The van der Waals surface area contributed by atoms with Crippen LogP contribution in [0.3, 0.4) is 0 Å². The van der Waals surface area contributed by atoms with Crippen molar-refractivity contribution in [2.24, 2.45) is 0 Å². The third-order valence-electron chi connectivity index (χ3n) is 2.12. The Bertz CT molecular complexity index is 598. The quantitative estimate of drug-likeness (QED) is 0.760. The van der Waals surface area contributed by atoms with Crippen LogP contribution in [0.4, 0.5) is 0 Å². The maximum atomic E-state index is 9.20. The van der Waals surface area contributed by atoms with Gasteiger partial charge in [-0.2, -0.15) is 5.26 Å². The maximum absolute atomic E-state index is 9.20. The van der Waals surface area contributed by atoms with E-state index in [9.17, 15) is 5.26 Å². The molecule has 0 aromatic carbocycles. The molecule has 2 nitrogen and oxygen atoms in total. The van der Waals surface area contributed by atoms with Crippen LogP contribution in [-0.4, -0.2) is 4.98 Å². The molecule has 0 amide bonds. The van der Waals surface area contributed by atoms with Crippen molar-refractivity contribution < 1.29 is 0 Å². The highest BCUT2D eigenvalue weighted by atomic mass is 79.9. The summed E-state index contributed by atoms with van der Waals surface area (Å²) in [7, 11) is 0. The minimum absolute atomic E-state index is 0.458. The molecule has 0 fully saturated rings. The Hall–Kier alpha value is -1.15. The summed E-state index contributed by atoms with van der Waals surface area (Å²) in [5.74, 6) is 0. The number of nitriles is 1. The first-order valence-corrected chi connectivity index (χ1v) is 6.72. The third kappa shape index (κ3) is 2.75. The van der Waals surface area contributed by atoms with Gasteiger partial charge in [0.2, 0.25) is 0 Å². The first-order valence-electron chi connectivity index (χ1n) is 4.67. The van der Waals surface area contributed by atoms with Gasteiger partial charge in [0.1, 0.15) is 6.07 Å². The number of thiophene rings is 1. The van der Waals surface area contributed by atoms with E-state index < -0.39 is 0 Å². The smallest absolute Gasteiger partial charge is 0.101 e.